The summed E-state index contributed by atoms with van der Waals surface area (Å²) in [6.07, 6.45) is 5.38. The van der Waals surface area contributed by atoms with Gasteiger partial charge in [0.15, 0.2) is 0 Å². The molecular formula is C17H25NO. The molecule has 0 aromatic heterocycles. The molecule has 2 nitrogen and oxygen atoms in total. The Morgan fingerprint density at radius 2 is 1.89 bits per heavy atom. The van der Waals surface area contributed by atoms with Crippen molar-refractivity contribution >= 4 is 0 Å². The summed E-state index contributed by atoms with van der Waals surface area (Å²) in [6.45, 7) is 6.28. The van der Waals surface area contributed by atoms with Gasteiger partial charge >= 0.3 is 0 Å². The molecule has 0 amide bonds. The molecule has 19 heavy (non-hydrogen) atoms. The number of benzene rings is 1. The molecule has 0 unspecified atom stereocenters. The number of nitrogens with one attached hydrogen (secondary N) is 1. The highest BCUT2D eigenvalue weighted by Gasteiger charge is 2.43. The lowest BCUT2D eigenvalue weighted by Crippen LogP contribution is -2.48. The van der Waals surface area contributed by atoms with Crippen molar-refractivity contribution in [3.8, 4) is 5.75 Å². The van der Waals surface area contributed by atoms with Gasteiger partial charge in [-0.1, -0.05) is 19.1 Å². The number of rotatable bonds is 6. The van der Waals surface area contributed by atoms with Crippen LogP contribution in [-0.2, 0) is 5.41 Å². The SMILES string of the molecule is CCOc1ccc(C2(CNC3CC3)CC(C)C2)cc1. The Hall–Kier alpha value is -1.02. The maximum absolute atomic E-state index is 5.54. The normalized spacial score (nSPS) is 29.9. The summed E-state index contributed by atoms with van der Waals surface area (Å²) in [5, 5.41) is 3.73. The van der Waals surface area contributed by atoms with E-state index in [0.717, 1.165) is 30.9 Å². The molecule has 0 radical (unpaired) electrons. The Balaban J connectivity index is 1.71. The van der Waals surface area contributed by atoms with E-state index in [1.807, 2.05) is 6.92 Å². The largest absolute Gasteiger partial charge is 0.494 e. The third-order valence-corrected chi connectivity index (χ3v) is 4.56. The highest BCUT2D eigenvalue weighted by atomic mass is 16.5. The van der Waals surface area contributed by atoms with Crippen LogP contribution in [0.1, 0.15) is 45.1 Å². The van der Waals surface area contributed by atoms with Gasteiger partial charge in [0.1, 0.15) is 5.75 Å². The molecule has 2 fully saturated rings. The summed E-state index contributed by atoms with van der Waals surface area (Å²) in [6, 6.07) is 9.59. The molecule has 0 bridgehead atoms. The van der Waals surface area contributed by atoms with E-state index in [9.17, 15) is 0 Å². The van der Waals surface area contributed by atoms with E-state index >= 15 is 0 Å². The van der Waals surface area contributed by atoms with Crippen LogP contribution in [0.3, 0.4) is 0 Å². The van der Waals surface area contributed by atoms with Crippen LogP contribution in [-0.4, -0.2) is 19.2 Å². The molecule has 1 aromatic carbocycles. The average molecular weight is 259 g/mol. The van der Waals surface area contributed by atoms with Gasteiger partial charge in [-0.15, -0.1) is 0 Å². The van der Waals surface area contributed by atoms with E-state index in [1.165, 1.54) is 31.2 Å². The van der Waals surface area contributed by atoms with Crippen molar-refractivity contribution in [2.45, 2.75) is 51.0 Å². The molecule has 1 N–H and O–H groups in total. The Bertz CT molecular complexity index is 415. The molecule has 0 aliphatic heterocycles. The van der Waals surface area contributed by atoms with E-state index < -0.39 is 0 Å². The number of hydrogen-bond donors (Lipinski definition) is 1. The van der Waals surface area contributed by atoms with E-state index in [1.54, 1.807) is 0 Å². The maximum Gasteiger partial charge on any atom is 0.119 e. The lowest BCUT2D eigenvalue weighted by molar-refractivity contribution is 0.152. The van der Waals surface area contributed by atoms with Crippen molar-refractivity contribution in [2.75, 3.05) is 13.2 Å². The zero-order valence-corrected chi connectivity index (χ0v) is 12.1. The van der Waals surface area contributed by atoms with E-state index in [0.29, 0.717) is 5.41 Å². The van der Waals surface area contributed by atoms with Crippen molar-refractivity contribution in [1.82, 2.24) is 5.32 Å². The van der Waals surface area contributed by atoms with Crippen molar-refractivity contribution < 1.29 is 4.74 Å². The van der Waals surface area contributed by atoms with Crippen LogP contribution in [0.4, 0.5) is 0 Å². The summed E-state index contributed by atoms with van der Waals surface area (Å²) in [5.74, 6) is 1.86. The highest BCUT2D eigenvalue weighted by molar-refractivity contribution is 5.35. The number of hydrogen-bond acceptors (Lipinski definition) is 2. The minimum Gasteiger partial charge on any atom is -0.494 e. The molecule has 104 valence electrons. The second-order valence-electron chi connectivity index (χ2n) is 6.41. The van der Waals surface area contributed by atoms with Gasteiger partial charge in [-0.05, 0) is 56.2 Å². The first-order valence-electron chi connectivity index (χ1n) is 7.68. The van der Waals surface area contributed by atoms with E-state index in [4.69, 9.17) is 4.74 Å². The molecule has 2 heteroatoms. The summed E-state index contributed by atoms with van der Waals surface area (Å²) in [7, 11) is 0. The van der Waals surface area contributed by atoms with Gasteiger partial charge in [0, 0.05) is 18.0 Å². The predicted molar refractivity (Wildman–Crippen MR) is 78.7 cm³/mol. The quantitative estimate of drug-likeness (QED) is 0.844. The number of ether oxygens (including phenoxy) is 1. The van der Waals surface area contributed by atoms with E-state index in [2.05, 4.69) is 36.5 Å². The fourth-order valence-electron chi connectivity index (χ4n) is 3.45. The van der Waals surface area contributed by atoms with Crippen LogP contribution >= 0.6 is 0 Å². The van der Waals surface area contributed by atoms with E-state index in [-0.39, 0.29) is 0 Å². The summed E-state index contributed by atoms with van der Waals surface area (Å²) < 4.78 is 5.54. The highest BCUT2D eigenvalue weighted by Crippen LogP contribution is 2.47. The van der Waals surface area contributed by atoms with Crippen molar-refractivity contribution in [2.24, 2.45) is 5.92 Å². The lowest BCUT2D eigenvalue weighted by Gasteiger charge is -2.47. The predicted octanol–water partition coefficient (Wildman–Crippen LogP) is 3.51. The second-order valence-corrected chi connectivity index (χ2v) is 6.41. The zero-order valence-electron chi connectivity index (χ0n) is 12.1. The van der Waals surface area contributed by atoms with Crippen molar-refractivity contribution in [3.05, 3.63) is 29.8 Å². The van der Waals surface area contributed by atoms with Gasteiger partial charge in [0.25, 0.3) is 0 Å². The Labute approximate surface area is 116 Å². The molecule has 2 aliphatic carbocycles. The van der Waals surface area contributed by atoms with Crippen LogP contribution in [0.25, 0.3) is 0 Å². The molecule has 1 aromatic rings. The van der Waals surface area contributed by atoms with Gasteiger partial charge in [-0.2, -0.15) is 0 Å². The van der Waals surface area contributed by atoms with Gasteiger partial charge in [0.2, 0.25) is 0 Å². The molecule has 0 spiro atoms. The Morgan fingerprint density at radius 1 is 1.21 bits per heavy atom. The standard InChI is InChI=1S/C17H25NO/c1-3-19-16-8-4-14(5-9-16)17(10-13(2)11-17)12-18-15-6-7-15/h4-5,8-9,13,15,18H,3,6-7,10-12H2,1-2H3. The molecule has 0 heterocycles. The molecule has 3 rings (SSSR count). The Morgan fingerprint density at radius 3 is 2.42 bits per heavy atom. The van der Waals surface area contributed by atoms with Crippen molar-refractivity contribution in [3.63, 3.8) is 0 Å². The summed E-state index contributed by atoms with van der Waals surface area (Å²) >= 11 is 0. The Kier molecular flexibility index (Phi) is 3.53. The molecule has 2 aliphatic rings. The minimum atomic E-state index is 0.382. The minimum absolute atomic E-state index is 0.382. The molecule has 0 saturated heterocycles. The third-order valence-electron chi connectivity index (χ3n) is 4.56. The summed E-state index contributed by atoms with van der Waals surface area (Å²) in [5.41, 5.74) is 1.87. The van der Waals surface area contributed by atoms with Crippen molar-refractivity contribution in [1.29, 1.82) is 0 Å². The molecule has 0 atom stereocenters. The third kappa shape index (κ3) is 2.79. The average Bonchev–Trinajstić information content (AvgIpc) is 3.19. The monoisotopic (exact) mass is 259 g/mol. The van der Waals surface area contributed by atoms with Crippen LogP contribution in [0, 0.1) is 5.92 Å². The fraction of sp³-hybridized carbons (Fsp3) is 0.647. The zero-order chi connectivity index (χ0) is 13.3. The van der Waals surface area contributed by atoms with Gasteiger partial charge < -0.3 is 10.1 Å². The first kappa shape index (κ1) is 13.0. The van der Waals surface area contributed by atoms with Gasteiger partial charge in [0.05, 0.1) is 6.61 Å². The summed E-state index contributed by atoms with van der Waals surface area (Å²) in [4.78, 5) is 0. The smallest absolute Gasteiger partial charge is 0.119 e. The maximum atomic E-state index is 5.54. The first-order chi connectivity index (χ1) is 9.22. The van der Waals surface area contributed by atoms with Crippen LogP contribution in [0.2, 0.25) is 0 Å². The van der Waals surface area contributed by atoms with Gasteiger partial charge in [-0.3, -0.25) is 0 Å². The molecular weight excluding hydrogens is 234 g/mol. The second kappa shape index (κ2) is 5.16. The molecule has 2 saturated carbocycles. The van der Waals surface area contributed by atoms with Crippen LogP contribution < -0.4 is 10.1 Å². The fourth-order valence-corrected chi connectivity index (χ4v) is 3.45. The first-order valence-corrected chi connectivity index (χ1v) is 7.68. The topological polar surface area (TPSA) is 21.3 Å². The van der Waals surface area contributed by atoms with Gasteiger partial charge in [-0.25, -0.2) is 0 Å². The van der Waals surface area contributed by atoms with Crippen LogP contribution in [0.15, 0.2) is 24.3 Å². The van der Waals surface area contributed by atoms with Crippen LogP contribution in [0.5, 0.6) is 5.75 Å². The lowest BCUT2D eigenvalue weighted by atomic mass is 9.59.